The van der Waals surface area contributed by atoms with E-state index in [0.717, 1.165) is 0 Å². The zero-order valence-electron chi connectivity index (χ0n) is 13.0. The Balaban J connectivity index is 2.43. The Hall–Kier alpha value is -3.04. The van der Waals surface area contributed by atoms with Crippen molar-refractivity contribution in [1.82, 2.24) is 10.9 Å². The van der Waals surface area contributed by atoms with E-state index < -0.39 is 5.91 Å². The third-order valence-corrected chi connectivity index (χ3v) is 3.51. The molecule has 0 aliphatic heterocycles. The summed E-state index contributed by atoms with van der Waals surface area (Å²) in [6.45, 7) is 1.29. The van der Waals surface area contributed by atoms with Crippen molar-refractivity contribution < 1.29 is 14.3 Å². The van der Waals surface area contributed by atoms with E-state index in [1.807, 2.05) is 6.07 Å². The van der Waals surface area contributed by atoms with Gasteiger partial charge < -0.3 is 4.74 Å². The topological polar surface area (TPSA) is 91.2 Å². The Morgan fingerprint density at radius 1 is 1.21 bits per heavy atom. The lowest BCUT2D eigenvalue weighted by molar-refractivity contribution is -0.119. The predicted molar refractivity (Wildman–Crippen MR) is 89.4 cm³/mol. The van der Waals surface area contributed by atoms with E-state index in [-0.39, 0.29) is 10.9 Å². The molecule has 7 heteroatoms. The fourth-order valence-electron chi connectivity index (χ4n) is 2.08. The number of ether oxygens (including phenoxy) is 1. The minimum atomic E-state index is -0.458. The van der Waals surface area contributed by atoms with E-state index in [4.69, 9.17) is 21.6 Å². The summed E-state index contributed by atoms with van der Waals surface area (Å²) < 4.78 is 5.31. The molecular formula is C17H14ClN3O3. The van der Waals surface area contributed by atoms with Crippen molar-refractivity contribution in [2.75, 3.05) is 7.11 Å². The molecule has 0 spiro atoms. The average Bonchev–Trinajstić information content (AvgIpc) is 2.59. The molecule has 0 atom stereocenters. The first-order chi connectivity index (χ1) is 11.5. The van der Waals surface area contributed by atoms with Crippen LogP contribution in [0, 0.1) is 11.3 Å². The summed E-state index contributed by atoms with van der Waals surface area (Å²) in [6.07, 6.45) is 0. The summed E-state index contributed by atoms with van der Waals surface area (Å²) in [5.41, 5.74) is 6.48. The Morgan fingerprint density at radius 2 is 1.96 bits per heavy atom. The van der Waals surface area contributed by atoms with E-state index in [1.165, 1.54) is 14.0 Å². The molecule has 0 heterocycles. The number of carbonyl (C=O) groups is 2. The summed E-state index contributed by atoms with van der Waals surface area (Å²) in [6, 6.07) is 11.9. The van der Waals surface area contributed by atoms with Crippen LogP contribution in [0.2, 0.25) is 5.02 Å². The molecule has 0 bridgehead atoms. The van der Waals surface area contributed by atoms with Gasteiger partial charge in [0.25, 0.3) is 5.91 Å². The lowest BCUT2D eigenvalue weighted by Gasteiger charge is -2.12. The van der Waals surface area contributed by atoms with Gasteiger partial charge in [-0.15, -0.1) is 0 Å². The highest BCUT2D eigenvalue weighted by Crippen LogP contribution is 2.35. The molecule has 6 nitrogen and oxygen atoms in total. The van der Waals surface area contributed by atoms with Gasteiger partial charge in [0, 0.05) is 24.1 Å². The van der Waals surface area contributed by atoms with Crippen LogP contribution in [0.1, 0.15) is 22.8 Å². The number of nitriles is 1. The molecule has 0 fully saturated rings. The monoisotopic (exact) mass is 343 g/mol. The Morgan fingerprint density at radius 3 is 2.58 bits per heavy atom. The Bertz CT molecular complexity index is 843. The van der Waals surface area contributed by atoms with Crippen LogP contribution in [0.25, 0.3) is 11.1 Å². The van der Waals surface area contributed by atoms with E-state index >= 15 is 0 Å². The quantitative estimate of drug-likeness (QED) is 0.838. The highest BCUT2D eigenvalue weighted by atomic mass is 35.5. The standard InChI is InChI=1S/C17H14ClN3O3/c1-10(22)20-21-17(23)12-5-3-4-11(6-12)14-7-13(9-19)15(18)8-16(14)24-2/h3-8H,1-2H3,(H,20,22)(H,21,23). The van der Waals surface area contributed by atoms with Gasteiger partial charge in [-0.3, -0.25) is 20.4 Å². The van der Waals surface area contributed by atoms with Gasteiger partial charge >= 0.3 is 0 Å². The summed E-state index contributed by atoms with van der Waals surface area (Å²) >= 11 is 6.01. The second-order valence-corrected chi connectivity index (χ2v) is 5.27. The number of rotatable bonds is 3. The van der Waals surface area contributed by atoms with Crippen molar-refractivity contribution >= 4 is 23.4 Å². The highest BCUT2D eigenvalue weighted by Gasteiger charge is 2.13. The molecule has 2 amide bonds. The van der Waals surface area contributed by atoms with Crippen LogP contribution in [0.5, 0.6) is 5.75 Å². The molecule has 0 aliphatic rings. The first-order valence-corrected chi connectivity index (χ1v) is 7.29. The van der Waals surface area contributed by atoms with Crippen molar-refractivity contribution in [3.63, 3.8) is 0 Å². The summed E-state index contributed by atoms with van der Waals surface area (Å²) in [5.74, 6) is -0.351. The predicted octanol–water partition coefficient (Wildman–Crippen LogP) is 2.67. The first-order valence-electron chi connectivity index (χ1n) is 6.91. The number of hydrogen-bond acceptors (Lipinski definition) is 4. The average molecular weight is 344 g/mol. The SMILES string of the molecule is COc1cc(Cl)c(C#N)cc1-c1cccc(C(=O)NNC(C)=O)c1. The molecule has 2 aromatic rings. The summed E-state index contributed by atoms with van der Waals surface area (Å²) in [5, 5.41) is 9.43. The normalized spacial score (nSPS) is 9.75. The number of amides is 2. The number of benzene rings is 2. The van der Waals surface area contributed by atoms with Gasteiger partial charge in [0.15, 0.2) is 0 Å². The van der Waals surface area contributed by atoms with Gasteiger partial charge in [-0.2, -0.15) is 5.26 Å². The lowest BCUT2D eigenvalue weighted by Crippen LogP contribution is -2.40. The molecule has 0 radical (unpaired) electrons. The second kappa shape index (κ2) is 7.49. The maximum absolute atomic E-state index is 12.0. The van der Waals surface area contributed by atoms with Crippen molar-refractivity contribution in [3.8, 4) is 22.9 Å². The molecular weight excluding hydrogens is 330 g/mol. The van der Waals surface area contributed by atoms with Crippen LogP contribution in [-0.2, 0) is 4.79 Å². The summed E-state index contributed by atoms with van der Waals surface area (Å²) in [4.78, 5) is 22.9. The molecule has 2 rings (SSSR count). The smallest absolute Gasteiger partial charge is 0.269 e. The Kier molecular flexibility index (Phi) is 5.40. The fraction of sp³-hybridized carbons (Fsp3) is 0.118. The van der Waals surface area contributed by atoms with Crippen molar-refractivity contribution in [3.05, 3.63) is 52.5 Å². The molecule has 2 aromatic carbocycles. The highest BCUT2D eigenvalue weighted by molar-refractivity contribution is 6.32. The number of nitrogens with one attached hydrogen (secondary N) is 2. The van der Waals surface area contributed by atoms with E-state index in [0.29, 0.717) is 28.0 Å². The molecule has 0 saturated carbocycles. The molecule has 24 heavy (non-hydrogen) atoms. The van der Waals surface area contributed by atoms with Gasteiger partial charge in [-0.25, -0.2) is 0 Å². The minimum absolute atomic E-state index is 0.289. The largest absolute Gasteiger partial charge is 0.496 e. The van der Waals surface area contributed by atoms with Gasteiger partial charge in [0.05, 0.1) is 17.7 Å². The number of nitrogens with zero attached hydrogens (tertiary/aromatic N) is 1. The van der Waals surface area contributed by atoms with Crippen LogP contribution in [0.4, 0.5) is 0 Å². The number of hydrogen-bond donors (Lipinski definition) is 2. The van der Waals surface area contributed by atoms with Crippen molar-refractivity contribution in [1.29, 1.82) is 5.26 Å². The van der Waals surface area contributed by atoms with Crippen LogP contribution in [0.15, 0.2) is 36.4 Å². The van der Waals surface area contributed by atoms with Gasteiger partial charge in [-0.1, -0.05) is 23.7 Å². The van der Waals surface area contributed by atoms with E-state index in [2.05, 4.69) is 10.9 Å². The number of halogens is 1. The van der Waals surface area contributed by atoms with Gasteiger partial charge in [0.2, 0.25) is 5.91 Å². The lowest BCUT2D eigenvalue weighted by atomic mass is 10.00. The van der Waals surface area contributed by atoms with Crippen LogP contribution >= 0.6 is 11.6 Å². The summed E-state index contributed by atoms with van der Waals surface area (Å²) in [7, 11) is 1.49. The molecule has 2 N–H and O–H groups in total. The molecule has 0 aromatic heterocycles. The molecule has 0 saturated heterocycles. The van der Waals surface area contributed by atoms with Gasteiger partial charge in [-0.05, 0) is 23.8 Å². The van der Waals surface area contributed by atoms with Gasteiger partial charge in [0.1, 0.15) is 11.8 Å². The number of methoxy groups -OCH3 is 1. The van der Waals surface area contributed by atoms with E-state index in [1.54, 1.807) is 36.4 Å². The zero-order chi connectivity index (χ0) is 17.7. The van der Waals surface area contributed by atoms with Crippen LogP contribution in [-0.4, -0.2) is 18.9 Å². The van der Waals surface area contributed by atoms with E-state index in [9.17, 15) is 9.59 Å². The third-order valence-electron chi connectivity index (χ3n) is 3.20. The van der Waals surface area contributed by atoms with Crippen molar-refractivity contribution in [2.24, 2.45) is 0 Å². The fourth-order valence-corrected chi connectivity index (χ4v) is 2.28. The molecule has 122 valence electrons. The maximum Gasteiger partial charge on any atom is 0.269 e. The van der Waals surface area contributed by atoms with Crippen LogP contribution < -0.4 is 15.6 Å². The van der Waals surface area contributed by atoms with Crippen LogP contribution in [0.3, 0.4) is 0 Å². The first kappa shape index (κ1) is 17.3. The maximum atomic E-state index is 12.0. The van der Waals surface area contributed by atoms with Crippen molar-refractivity contribution in [2.45, 2.75) is 6.92 Å². The Labute approximate surface area is 144 Å². The number of carbonyl (C=O) groups excluding carboxylic acids is 2. The zero-order valence-corrected chi connectivity index (χ0v) is 13.8. The second-order valence-electron chi connectivity index (χ2n) is 4.86. The third kappa shape index (κ3) is 3.83. The molecule has 0 unspecified atom stereocenters. The number of hydrazine groups is 1. The molecule has 0 aliphatic carbocycles. The minimum Gasteiger partial charge on any atom is -0.496 e.